The van der Waals surface area contributed by atoms with Crippen molar-refractivity contribution in [2.45, 2.75) is 6.42 Å². The van der Waals surface area contributed by atoms with Crippen molar-refractivity contribution in [3.63, 3.8) is 0 Å². The number of pyridine rings is 1. The molecule has 6 heteroatoms. The number of nitrogen functional groups attached to an aromatic ring is 1. The molecule has 98 valence electrons. The number of aromatic nitrogens is 1. The zero-order valence-corrected chi connectivity index (χ0v) is 10.5. The molecule has 18 heavy (non-hydrogen) atoms. The third-order valence-electron chi connectivity index (χ3n) is 3.22. The Morgan fingerprint density at radius 3 is 2.89 bits per heavy atom. The lowest BCUT2D eigenvalue weighted by Crippen LogP contribution is -2.30. The van der Waals surface area contributed by atoms with E-state index in [0.717, 1.165) is 32.6 Å². The quantitative estimate of drug-likeness (QED) is 0.795. The zero-order valence-electron chi connectivity index (χ0n) is 10.5. The molecule has 1 saturated heterocycles. The summed E-state index contributed by atoms with van der Waals surface area (Å²) >= 11 is 0. The lowest BCUT2D eigenvalue weighted by atomic mass is 10.2. The molecule has 1 aromatic heterocycles. The van der Waals surface area contributed by atoms with Gasteiger partial charge in [-0.05, 0) is 26.1 Å². The monoisotopic (exact) mass is 250 g/mol. The number of carbonyl (C=O) groups is 1. The number of hydrogen-bond donors (Lipinski definition) is 2. The molecule has 2 heterocycles. The first-order chi connectivity index (χ1) is 8.59. The Morgan fingerprint density at radius 2 is 2.17 bits per heavy atom. The van der Waals surface area contributed by atoms with E-state index in [0.29, 0.717) is 5.82 Å². The Hall–Kier alpha value is -1.82. The summed E-state index contributed by atoms with van der Waals surface area (Å²) in [5.74, 6) is -0.423. The molecule has 0 spiro atoms. The topological polar surface area (TPSA) is 82.7 Å². The van der Waals surface area contributed by atoms with Crippen LogP contribution < -0.4 is 10.6 Å². The van der Waals surface area contributed by atoms with Crippen molar-refractivity contribution >= 4 is 17.5 Å². The number of rotatable bonds is 2. The second-order valence-corrected chi connectivity index (χ2v) is 4.54. The summed E-state index contributed by atoms with van der Waals surface area (Å²) in [5, 5.41) is 9.05. The number of aromatic carboxylic acids is 1. The first kappa shape index (κ1) is 12.6. The minimum Gasteiger partial charge on any atom is -0.478 e. The van der Waals surface area contributed by atoms with Crippen molar-refractivity contribution in [1.82, 2.24) is 9.88 Å². The summed E-state index contributed by atoms with van der Waals surface area (Å²) < 4.78 is 0. The van der Waals surface area contributed by atoms with Crippen LogP contribution in [0, 0.1) is 0 Å². The molecule has 0 radical (unpaired) electrons. The second-order valence-electron chi connectivity index (χ2n) is 4.54. The molecule has 1 fully saturated rings. The van der Waals surface area contributed by atoms with Crippen molar-refractivity contribution in [1.29, 1.82) is 0 Å². The van der Waals surface area contributed by atoms with E-state index >= 15 is 0 Å². The van der Waals surface area contributed by atoms with Crippen LogP contribution >= 0.6 is 0 Å². The summed E-state index contributed by atoms with van der Waals surface area (Å²) in [7, 11) is 2.08. The van der Waals surface area contributed by atoms with Crippen LogP contribution in [0.4, 0.5) is 11.5 Å². The molecule has 0 bridgehead atoms. The van der Waals surface area contributed by atoms with E-state index in [1.807, 2.05) is 0 Å². The Morgan fingerprint density at radius 1 is 1.39 bits per heavy atom. The molecular weight excluding hydrogens is 232 g/mol. The minimum atomic E-state index is -1.01. The predicted octanol–water partition coefficient (Wildman–Crippen LogP) is 0.504. The van der Waals surface area contributed by atoms with Gasteiger partial charge in [-0.25, -0.2) is 9.78 Å². The molecule has 0 atom stereocenters. The van der Waals surface area contributed by atoms with Crippen LogP contribution in [0.1, 0.15) is 16.8 Å². The highest BCUT2D eigenvalue weighted by Crippen LogP contribution is 2.24. The number of anilines is 2. The number of nitrogens with zero attached hydrogens (tertiary/aromatic N) is 3. The highest BCUT2D eigenvalue weighted by molar-refractivity contribution is 5.96. The van der Waals surface area contributed by atoms with Gasteiger partial charge in [-0.1, -0.05) is 0 Å². The average molecular weight is 250 g/mol. The van der Waals surface area contributed by atoms with Crippen LogP contribution in [0.2, 0.25) is 0 Å². The minimum absolute atomic E-state index is 0.123. The average Bonchev–Trinajstić information content (AvgIpc) is 2.54. The van der Waals surface area contributed by atoms with Gasteiger partial charge in [-0.3, -0.25) is 0 Å². The first-order valence-electron chi connectivity index (χ1n) is 6.01. The fourth-order valence-corrected chi connectivity index (χ4v) is 2.16. The number of nitrogens with two attached hydrogens (primary N) is 1. The normalized spacial score (nSPS) is 17.5. The maximum atomic E-state index is 11.0. The van der Waals surface area contributed by atoms with E-state index in [4.69, 9.17) is 10.8 Å². The Kier molecular flexibility index (Phi) is 3.66. The highest BCUT2D eigenvalue weighted by Gasteiger charge is 2.19. The maximum absolute atomic E-state index is 11.0. The molecule has 1 aromatic rings. The van der Waals surface area contributed by atoms with E-state index in [-0.39, 0.29) is 11.3 Å². The third-order valence-corrected chi connectivity index (χ3v) is 3.22. The molecule has 0 saturated carbocycles. The first-order valence-corrected chi connectivity index (χ1v) is 6.01. The molecular formula is C12H18N4O2. The Labute approximate surface area is 106 Å². The second kappa shape index (κ2) is 5.22. The Balaban J connectivity index is 2.27. The van der Waals surface area contributed by atoms with Gasteiger partial charge in [0.1, 0.15) is 0 Å². The van der Waals surface area contributed by atoms with Gasteiger partial charge in [-0.2, -0.15) is 0 Å². The van der Waals surface area contributed by atoms with Crippen LogP contribution in [0.3, 0.4) is 0 Å². The van der Waals surface area contributed by atoms with E-state index in [1.54, 1.807) is 0 Å². The standard InChI is InChI=1S/C12H18N4O2/c1-15-5-2-6-16(8-7-15)11-10(13)9(12(17)18)3-4-14-11/h3-4H,2,5-8,13H2,1H3,(H,17,18). The van der Waals surface area contributed by atoms with Crippen LogP contribution in [0.25, 0.3) is 0 Å². The van der Waals surface area contributed by atoms with Gasteiger partial charge in [0, 0.05) is 25.8 Å². The van der Waals surface area contributed by atoms with Gasteiger partial charge in [0.2, 0.25) is 0 Å². The Bertz CT molecular complexity index is 450. The van der Waals surface area contributed by atoms with Crippen LogP contribution in [0.5, 0.6) is 0 Å². The molecule has 0 aliphatic carbocycles. The lowest BCUT2D eigenvalue weighted by Gasteiger charge is -2.23. The van der Waals surface area contributed by atoms with Gasteiger partial charge in [-0.15, -0.1) is 0 Å². The fraction of sp³-hybridized carbons (Fsp3) is 0.500. The van der Waals surface area contributed by atoms with Gasteiger partial charge in [0.25, 0.3) is 0 Å². The smallest absolute Gasteiger partial charge is 0.337 e. The van der Waals surface area contributed by atoms with Gasteiger partial charge >= 0.3 is 5.97 Å². The van der Waals surface area contributed by atoms with Gasteiger partial charge in [0.15, 0.2) is 5.82 Å². The molecule has 3 N–H and O–H groups in total. The number of carboxylic acid groups (broad SMARTS) is 1. The van der Waals surface area contributed by atoms with Crippen molar-refractivity contribution in [3.05, 3.63) is 17.8 Å². The van der Waals surface area contributed by atoms with E-state index in [2.05, 4.69) is 21.8 Å². The molecule has 2 rings (SSSR count). The predicted molar refractivity (Wildman–Crippen MR) is 69.9 cm³/mol. The van der Waals surface area contributed by atoms with E-state index < -0.39 is 5.97 Å². The van der Waals surface area contributed by atoms with E-state index in [9.17, 15) is 4.79 Å². The molecule has 6 nitrogen and oxygen atoms in total. The summed E-state index contributed by atoms with van der Waals surface area (Å²) in [6.07, 6.45) is 2.53. The summed E-state index contributed by atoms with van der Waals surface area (Å²) in [6.45, 7) is 3.63. The van der Waals surface area contributed by atoms with E-state index in [1.165, 1.54) is 12.3 Å². The molecule has 0 amide bonds. The van der Waals surface area contributed by atoms with Crippen LogP contribution in [0.15, 0.2) is 12.3 Å². The molecule has 0 unspecified atom stereocenters. The van der Waals surface area contributed by atoms with Crippen molar-refractivity contribution in [2.24, 2.45) is 0 Å². The highest BCUT2D eigenvalue weighted by atomic mass is 16.4. The third kappa shape index (κ3) is 2.53. The number of likely N-dealkylation sites (N-methyl/N-ethyl adjacent to an activating group) is 1. The zero-order chi connectivity index (χ0) is 13.1. The summed E-state index contributed by atoms with van der Waals surface area (Å²) in [5.41, 5.74) is 6.28. The maximum Gasteiger partial charge on any atom is 0.337 e. The molecule has 1 aliphatic rings. The largest absolute Gasteiger partial charge is 0.478 e. The molecule has 0 aromatic carbocycles. The fourth-order valence-electron chi connectivity index (χ4n) is 2.16. The molecule has 1 aliphatic heterocycles. The van der Waals surface area contributed by atoms with Gasteiger partial charge < -0.3 is 20.6 Å². The lowest BCUT2D eigenvalue weighted by molar-refractivity contribution is 0.0698. The summed E-state index contributed by atoms with van der Waals surface area (Å²) in [6, 6.07) is 1.44. The van der Waals surface area contributed by atoms with Crippen molar-refractivity contribution in [2.75, 3.05) is 43.9 Å². The van der Waals surface area contributed by atoms with Gasteiger partial charge in [0.05, 0.1) is 11.3 Å². The summed E-state index contributed by atoms with van der Waals surface area (Å²) in [4.78, 5) is 19.6. The number of carboxylic acids is 1. The van der Waals surface area contributed by atoms with Crippen LogP contribution in [-0.4, -0.2) is 54.2 Å². The van der Waals surface area contributed by atoms with Crippen molar-refractivity contribution < 1.29 is 9.90 Å². The van der Waals surface area contributed by atoms with Crippen LogP contribution in [-0.2, 0) is 0 Å². The van der Waals surface area contributed by atoms with Crippen molar-refractivity contribution in [3.8, 4) is 0 Å². The number of hydrogen-bond acceptors (Lipinski definition) is 5. The SMILES string of the molecule is CN1CCCN(c2nccc(C(=O)O)c2N)CC1.